The van der Waals surface area contributed by atoms with Crippen LogP contribution >= 0.6 is 0 Å². The van der Waals surface area contributed by atoms with Crippen LogP contribution in [0, 0.1) is 0 Å². The molecule has 19 heavy (non-hydrogen) atoms. The van der Waals surface area contributed by atoms with Gasteiger partial charge in [-0.05, 0) is 11.6 Å². The quantitative estimate of drug-likeness (QED) is 0.700. The molecule has 0 amide bonds. The number of phenolic OH excluding ortho intramolecular Hbond substituents is 2. The van der Waals surface area contributed by atoms with Gasteiger partial charge in [-0.3, -0.25) is 0 Å². The normalized spacial score (nSPS) is 10.7. The van der Waals surface area contributed by atoms with Crippen LogP contribution in [0.3, 0.4) is 0 Å². The first-order chi connectivity index (χ1) is 9.16. The van der Waals surface area contributed by atoms with Crippen LogP contribution < -0.4 is 5.63 Å². The van der Waals surface area contributed by atoms with Crippen molar-refractivity contribution in [2.75, 3.05) is 0 Å². The Labute approximate surface area is 108 Å². The van der Waals surface area contributed by atoms with E-state index in [-0.39, 0.29) is 16.9 Å². The fraction of sp³-hybridized carbons (Fsp3) is 0. The lowest BCUT2D eigenvalue weighted by Gasteiger charge is -2.07. The molecule has 0 atom stereocenters. The van der Waals surface area contributed by atoms with Gasteiger partial charge < -0.3 is 14.6 Å². The lowest BCUT2D eigenvalue weighted by Crippen LogP contribution is -1.99. The summed E-state index contributed by atoms with van der Waals surface area (Å²) in [5.41, 5.74) is 0.825. The van der Waals surface area contributed by atoms with Gasteiger partial charge in [0.05, 0.1) is 5.39 Å². The minimum atomic E-state index is -0.596. The number of rotatable bonds is 1. The summed E-state index contributed by atoms with van der Waals surface area (Å²) in [4.78, 5) is 11.7. The Balaban J connectivity index is 2.46. The van der Waals surface area contributed by atoms with Crippen LogP contribution in [0.25, 0.3) is 21.9 Å². The number of fused-ring (bicyclic) bond motifs is 1. The van der Waals surface area contributed by atoms with Gasteiger partial charge in [0.15, 0.2) is 0 Å². The monoisotopic (exact) mass is 254 g/mol. The minimum Gasteiger partial charge on any atom is -0.508 e. The van der Waals surface area contributed by atoms with E-state index in [9.17, 15) is 15.0 Å². The van der Waals surface area contributed by atoms with Gasteiger partial charge in [-0.2, -0.15) is 0 Å². The highest BCUT2D eigenvalue weighted by atomic mass is 16.4. The Bertz CT molecular complexity index is 803. The van der Waals surface area contributed by atoms with Crippen LogP contribution in [0.5, 0.6) is 11.5 Å². The smallest absolute Gasteiger partial charge is 0.343 e. The third-order valence-corrected chi connectivity index (χ3v) is 2.96. The maximum Gasteiger partial charge on any atom is 0.343 e. The van der Waals surface area contributed by atoms with Crippen molar-refractivity contribution >= 4 is 10.8 Å². The Hall–Kier alpha value is -2.75. The molecule has 0 fully saturated rings. The zero-order valence-corrected chi connectivity index (χ0v) is 9.83. The van der Waals surface area contributed by atoms with E-state index in [1.54, 1.807) is 0 Å². The maximum atomic E-state index is 11.7. The Kier molecular flexibility index (Phi) is 2.49. The molecule has 4 heteroatoms. The van der Waals surface area contributed by atoms with E-state index in [0.29, 0.717) is 10.9 Å². The summed E-state index contributed by atoms with van der Waals surface area (Å²) in [6.07, 6.45) is 1.32. The second-order valence-corrected chi connectivity index (χ2v) is 4.19. The second kappa shape index (κ2) is 4.17. The first-order valence-electron chi connectivity index (χ1n) is 5.70. The van der Waals surface area contributed by atoms with Gasteiger partial charge >= 0.3 is 5.63 Å². The Morgan fingerprint density at radius 1 is 1.00 bits per heavy atom. The van der Waals surface area contributed by atoms with E-state index in [4.69, 9.17) is 4.42 Å². The van der Waals surface area contributed by atoms with E-state index >= 15 is 0 Å². The Morgan fingerprint density at radius 3 is 2.47 bits per heavy atom. The molecule has 4 nitrogen and oxygen atoms in total. The van der Waals surface area contributed by atoms with Crippen molar-refractivity contribution in [1.82, 2.24) is 0 Å². The van der Waals surface area contributed by atoms with Crippen molar-refractivity contribution in [2.45, 2.75) is 0 Å². The largest absolute Gasteiger partial charge is 0.508 e. The molecule has 0 radical (unpaired) electrons. The van der Waals surface area contributed by atoms with Crippen molar-refractivity contribution in [1.29, 1.82) is 0 Å². The van der Waals surface area contributed by atoms with E-state index in [2.05, 4.69) is 0 Å². The third-order valence-electron chi connectivity index (χ3n) is 2.96. The fourth-order valence-electron chi connectivity index (χ4n) is 2.12. The van der Waals surface area contributed by atoms with Gasteiger partial charge in [-0.15, -0.1) is 0 Å². The van der Waals surface area contributed by atoms with Crippen molar-refractivity contribution in [2.24, 2.45) is 0 Å². The molecule has 0 spiro atoms. The van der Waals surface area contributed by atoms with E-state index in [1.807, 2.05) is 30.3 Å². The predicted molar refractivity (Wildman–Crippen MR) is 71.2 cm³/mol. The molecule has 1 aromatic heterocycles. The molecule has 2 N–H and O–H groups in total. The summed E-state index contributed by atoms with van der Waals surface area (Å²) in [7, 11) is 0. The molecule has 94 valence electrons. The van der Waals surface area contributed by atoms with Crippen LogP contribution in [0.2, 0.25) is 0 Å². The average Bonchev–Trinajstić information content (AvgIpc) is 2.41. The minimum absolute atomic E-state index is 0.151. The summed E-state index contributed by atoms with van der Waals surface area (Å²) in [5, 5.41) is 20.0. The van der Waals surface area contributed by atoms with Gasteiger partial charge in [0.2, 0.25) is 0 Å². The summed E-state index contributed by atoms with van der Waals surface area (Å²) in [5.74, 6) is -0.329. The van der Waals surface area contributed by atoms with Crippen molar-refractivity contribution in [3.05, 3.63) is 59.1 Å². The number of hydrogen-bond acceptors (Lipinski definition) is 4. The second-order valence-electron chi connectivity index (χ2n) is 4.19. The van der Waals surface area contributed by atoms with E-state index in [1.165, 1.54) is 18.4 Å². The molecule has 0 saturated carbocycles. The number of aromatic hydroxyl groups is 2. The molecule has 0 bridgehead atoms. The van der Waals surface area contributed by atoms with Crippen LogP contribution in [0.15, 0.2) is 57.9 Å². The summed E-state index contributed by atoms with van der Waals surface area (Å²) in [6.45, 7) is 0. The highest BCUT2D eigenvalue weighted by Gasteiger charge is 2.13. The van der Waals surface area contributed by atoms with E-state index < -0.39 is 5.63 Å². The molecule has 2 aromatic carbocycles. The Morgan fingerprint density at radius 2 is 1.74 bits per heavy atom. The zero-order valence-electron chi connectivity index (χ0n) is 9.83. The molecule has 3 aromatic rings. The lowest BCUT2D eigenvalue weighted by atomic mass is 10.0. The molecule has 1 heterocycles. The standard InChI is InChI=1S/C15H10O4/c16-10-6-11-14(13(17)7-10)12(8-19-15(11)18)9-4-2-1-3-5-9/h1-8,16-17H. The highest BCUT2D eigenvalue weighted by Crippen LogP contribution is 2.35. The average molecular weight is 254 g/mol. The van der Waals surface area contributed by atoms with Gasteiger partial charge in [-0.1, -0.05) is 30.3 Å². The molecule has 3 rings (SSSR count). The first kappa shape index (κ1) is 11.3. The summed E-state index contributed by atoms with van der Waals surface area (Å²) in [6, 6.07) is 11.8. The molecule has 0 unspecified atom stereocenters. The summed E-state index contributed by atoms with van der Waals surface area (Å²) < 4.78 is 4.96. The number of phenols is 2. The maximum absolute atomic E-state index is 11.7. The predicted octanol–water partition coefficient (Wildman–Crippen LogP) is 2.87. The topological polar surface area (TPSA) is 70.7 Å². The van der Waals surface area contributed by atoms with Crippen LogP contribution in [0.4, 0.5) is 0 Å². The van der Waals surface area contributed by atoms with Crippen LogP contribution in [-0.2, 0) is 0 Å². The number of hydrogen-bond donors (Lipinski definition) is 2. The van der Waals surface area contributed by atoms with Gasteiger partial charge in [0.1, 0.15) is 17.8 Å². The molecule has 0 aliphatic carbocycles. The van der Waals surface area contributed by atoms with E-state index in [0.717, 1.165) is 5.56 Å². The number of benzene rings is 2. The third kappa shape index (κ3) is 1.83. The van der Waals surface area contributed by atoms with Gasteiger partial charge in [0, 0.05) is 17.0 Å². The van der Waals surface area contributed by atoms with Crippen molar-refractivity contribution in [3.63, 3.8) is 0 Å². The highest BCUT2D eigenvalue weighted by molar-refractivity contribution is 6.00. The molecular formula is C15H10O4. The van der Waals surface area contributed by atoms with Gasteiger partial charge in [-0.25, -0.2) is 4.79 Å². The molecule has 0 saturated heterocycles. The molecular weight excluding hydrogens is 244 g/mol. The first-order valence-corrected chi connectivity index (χ1v) is 5.70. The van der Waals surface area contributed by atoms with Crippen molar-refractivity contribution < 1.29 is 14.6 Å². The molecule has 0 aliphatic rings. The fourth-order valence-corrected chi connectivity index (χ4v) is 2.12. The van der Waals surface area contributed by atoms with Gasteiger partial charge in [0.25, 0.3) is 0 Å². The SMILES string of the molecule is O=c1occ(-c2ccccc2)c2c(O)cc(O)cc12. The molecule has 0 aliphatic heterocycles. The summed E-state index contributed by atoms with van der Waals surface area (Å²) >= 11 is 0. The van der Waals surface area contributed by atoms with Crippen LogP contribution in [-0.4, -0.2) is 10.2 Å². The van der Waals surface area contributed by atoms with Crippen LogP contribution in [0.1, 0.15) is 0 Å². The lowest BCUT2D eigenvalue weighted by molar-refractivity contribution is 0.453. The zero-order chi connectivity index (χ0) is 13.4. The van der Waals surface area contributed by atoms with Crippen molar-refractivity contribution in [3.8, 4) is 22.6 Å².